The van der Waals surface area contributed by atoms with Gasteiger partial charge in [0.25, 0.3) is 15.9 Å². The molecule has 0 fully saturated rings. The number of aryl methyl sites for hydroxylation is 3. The van der Waals surface area contributed by atoms with Gasteiger partial charge in [0.2, 0.25) is 0 Å². The van der Waals surface area contributed by atoms with Gasteiger partial charge in [-0.25, -0.2) is 8.42 Å². The minimum absolute atomic E-state index is 0.110. The summed E-state index contributed by atoms with van der Waals surface area (Å²) < 4.78 is 28.8. The molecule has 1 N–H and O–H groups in total. The number of benzene rings is 3. The van der Waals surface area contributed by atoms with Crippen molar-refractivity contribution in [2.75, 3.05) is 16.2 Å². The lowest BCUT2D eigenvalue weighted by molar-refractivity contribution is 0.0989. The van der Waals surface area contributed by atoms with Crippen molar-refractivity contribution in [2.24, 2.45) is 0 Å². The van der Waals surface area contributed by atoms with E-state index in [0.717, 1.165) is 28.8 Å². The molecule has 1 amide bonds. The van der Waals surface area contributed by atoms with Gasteiger partial charge in [-0.2, -0.15) is 0 Å². The van der Waals surface area contributed by atoms with Crippen molar-refractivity contribution in [3.05, 3.63) is 88.5 Å². The number of carbonyl (C=O) groups excluding carboxylic acids is 1. The molecule has 0 aliphatic carbocycles. The Kier molecular flexibility index (Phi) is 5.12. The van der Waals surface area contributed by atoms with E-state index in [1.54, 1.807) is 36.1 Å². The predicted molar refractivity (Wildman–Crippen MR) is 120 cm³/mol. The van der Waals surface area contributed by atoms with Gasteiger partial charge in [-0.1, -0.05) is 30.3 Å². The van der Waals surface area contributed by atoms with Crippen molar-refractivity contribution in [3.63, 3.8) is 0 Å². The van der Waals surface area contributed by atoms with Gasteiger partial charge in [-0.3, -0.25) is 9.52 Å². The minimum Gasteiger partial charge on any atom is -0.308 e. The first-order chi connectivity index (χ1) is 14.3. The maximum absolute atomic E-state index is 13.2. The molecule has 1 aliphatic rings. The molecule has 5 nitrogen and oxygen atoms in total. The summed E-state index contributed by atoms with van der Waals surface area (Å²) in [5, 5.41) is 0. The molecule has 30 heavy (non-hydrogen) atoms. The van der Waals surface area contributed by atoms with Gasteiger partial charge in [-0.05, 0) is 79.8 Å². The minimum atomic E-state index is -3.83. The van der Waals surface area contributed by atoms with E-state index in [4.69, 9.17) is 0 Å². The second-order valence-electron chi connectivity index (χ2n) is 7.72. The average Bonchev–Trinajstić information content (AvgIpc) is 3.14. The lowest BCUT2D eigenvalue weighted by atomic mass is 10.1. The van der Waals surface area contributed by atoms with Gasteiger partial charge >= 0.3 is 0 Å². The van der Waals surface area contributed by atoms with Crippen molar-refractivity contribution in [3.8, 4) is 0 Å². The molecular weight excluding hydrogens is 396 g/mol. The van der Waals surface area contributed by atoms with E-state index in [-0.39, 0.29) is 10.8 Å². The Labute approximate surface area is 177 Å². The topological polar surface area (TPSA) is 66.5 Å². The molecule has 4 rings (SSSR count). The number of nitrogens with zero attached hydrogens (tertiary/aromatic N) is 1. The Morgan fingerprint density at radius 1 is 0.900 bits per heavy atom. The zero-order valence-electron chi connectivity index (χ0n) is 17.3. The summed E-state index contributed by atoms with van der Waals surface area (Å²) in [5.41, 5.74) is 5.56. The van der Waals surface area contributed by atoms with E-state index in [2.05, 4.69) is 4.72 Å². The first kappa shape index (κ1) is 20.2. The second kappa shape index (κ2) is 7.61. The summed E-state index contributed by atoms with van der Waals surface area (Å²) in [6.45, 7) is 6.23. The van der Waals surface area contributed by atoms with E-state index >= 15 is 0 Å². The highest BCUT2D eigenvalue weighted by molar-refractivity contribution is 7.92. The molecule has 0 bridgehead atoms. The molecule has 154 valence electrons. The number of hydrogen-bond donors (Lipinski definition) is 1. The third kappa shape index (κ3) is 3.71. The number of rotatable bonds is 4. The number of sulfonamides is 1. The van der Waals surface area contributed by atoms with Crippen molar-refractivity contribution in [1.82, 2.24) is 0 Å². The Morgan fingerprint density at radius 2 is 1.63 bits per heavy atom. The van der Waals surface area contributed by atoms with Crippen LogP contribution in [-0.4, -0.2) is 20.9 Å². The molecule has 3 aromatic carbocycles. The molecule has 0 atom stereocenters. The number of fused-ring (bicyclic) bond motifs is 1. The highest BCUT2D eigenvalue weighted by atomic mass is 32.2. The lowest BCUT2D eigenvalue weighted by Gasteiger charge is -2.18. The van der Waals surface area contributed by atoms with Crippen LogP contribution >= 0.6 is 0 Å². The van der Waals surface area contributed by atoms with Crippen LogP contribution in [0.1, 0.15) is 32.6 Å². The van der Waals surface area contributed by atoms with Gasteiger partial charge < -0.3 is 4.90 Å². The smallest absolute Gasteiger partial charge is 0.262 e. The highest BCUT2D eigenvalue weighted by Gasteiger charge is 2.27. The molecule has 6 heteroatoms. The largest absolute Gasteiger partial charge is 0.308 e. The number of carbonyl (C=O) groups is 1. The number of hydrogen-bond acceptors (Lipinski definition) is 3. The zero-order chi connectivity index (χ0) is 21.5. The van der Waals surface area contributed by atoms with E-state index in [1.807, 2.05) is 44.2 Å². The Balaban J connectivity index is 1.66. The fraction of sp³-hybridized carbons (Fsp3) is 0.208. The van der Waals surface area contributed by atoms with Gasteiger partial charge in [0.15, 0.2) is 0 Å². The van der Waals surface area contributed by atoms with Gasteiger partial charge in [-0.15, -0.1) is 0 Å². The van der Waals surface area contributed by atoms with E-state index in [9.17, 15) is 13.2 Å². The van der Waals surface area contributed by atoms with E-state index in [0.29, 0.717) is 23.4 Å². The molecule has 3 aromatic rings. The fourth-order valence-corrected chi connectivity index (χ4v) is 5.06. The summed E-state index contributed by atoms with van der Waals surface area (Å²) in [6.07, 6.45) is 0.799. The molecule has 1 heterocycles. The van der Waals surface area contributed by atoms with Crippen LogP contribution in [0.3, 0.4) is 0 Å². The highest BCUT2D eigenvalue weighted by Crippen LogP contribution is 2.30. The summed E-state index contributed by atoms with van der Waals surface area (Å²) >= 11 is 0. The molecular formula is C24H24N2O3S. The standard InChI is InChI=1S/C24H24N2O3S/c1-16-9-11-21(14-18(16)3)25-30(28,29)23-15-20(10-8-17(23)2)24(27)26-13-12-19-6-4-5-7-22(19)26/h4-11,14-15,25H,12-13H2,1-3H3. The fourth-order valence-electron chi connectivity index (χ4n) is 3.74. The third-order valence-electron chi connectivity index (χ3n) is 5.62. The molecule has 0 saturated heterocycles. The summed E-state index contributed by atoms with van der Waals surface area (Å²) in [6, 6.07) is 18.1. The number of anilines is 2. The normalized spacial score (nSPS) is 13.2. The third-order valence-corrected chi connectivity index (χ3v) is 7.14. The van der Waals surface area contributed by atoms with Crippen molar-refractivity contribution in [1.29, 1.82) is 0 Å². The quantitative estimate of drug-likeness (QED) is 0.670. The van der Waals surface area contributed by atoms with Crippen LogP contribution in [-0.2, 0) is 16.4 Å². The van der Waals surface area contributed by atoms with Crippen LogP contribution in [0.4, 0.5) is 11.4 Å². The number of amides is 1. The SMILES string of the molecule is Cc1ccc(NS(=O)(=O)c2cc(C(=O)N3CCc4ccccc43)ccc2C)cc1C. The van der Waals surface area contributed by atoms with Crippen molar-refractivity contribution in [2.45, 2.75) is 32.1 Å². The Morgan fingerprint density at radius 3 is 2.40 bits per heavy atom. The predicted octanol–water partition coefficient (Wildman–Crippen LogP) is 4.62. The zero-order valence-corrected chi connectivity index (χ0v) is 18.1. The first-order valence-electron chi connectivity index (χ1n) is 9.87. The maximum Gasteiger partial charge on any atom is 0.262 e. The van der Waals surface area contributed by atoms with Crippen LogP contribution in [0.5, 0.6) is 0 Å². The molecule has 0 aromatic heterocycles. The first-order valence-corrected chi connectivity index (χ1v) is 11.3. The van der Waals surface area contributed by atoms with Gasteiger partial charge in [0, 0.05) is 23.5 Å². The average molecular weight is 421 g/mol. The van der Waals surface area contributed by atoms with Crippen LogP contribution in [0, 0.1) is 20.8 Å². The Hall–Kier alpha value is -3.12. The Bertz CT molecular complexity index is 1250. The van der Waals surface area contributed by atoms with Crippen LogP contribution in [0.15, 0.2) is 65.6 Å². The molecule has 0 saturated carbocycles. The van der Waals surface area contributed by atoms with E-state index in [1.165, 1.54) is 6.07 Å². The van der Waals surface area contributed by atoms with E-state index < -0.39 is 10.0 Å². The lowest BCUT2D eigenvalue weighted by Crippen LogP contribution is -2.29. The molecule has 0 unspecified atom stereocenters. The maximum atomic E-state index is 13.2. The van der Waals surface area contributed by atoms with Crippen LogP contribution in [0.2, 0.25) is 0 Å². The molecule has 0 radical (unpaired) electrons. The van der Waals surface area contributed by atoms with Crippen LogP contribution in [0.25, 0.3) is 0 Å². The van der Waals surface area contributed by atoms with Crippen molar-refractivity contribution >= 4 is 27.3 Å². The number of nitrogens with one attached hydrogen (secondary N) is 1. The van der Waals surface area contributed by atoms with Crippen molar-refractivity contribution < 1.29 is 13.2 Å². The summed E-state index contributed by atoms with van der Waals surface area (Å²) in [7, 11) is -3.83. The van der Waals surface area contributed by atoms with Crippen LogP contribution < -0.4 is 9.62 Å². The number of para-hydroxylation sites is 1. The van der Waals surface area contributed by atoms with Gasteiger partial charge in [0.05, 0.1) is 4.90 Å². The molecule has 0 spiro atoms. The molecule has 1 aliphatic heterocycles. The summed E-state index contributed by atoms with van der Waals surface area (Å²) in [4.78, 5) is 15.0. The summed E-state index contributed by atoms with van der Waals surface area (Å²) in [5.74, 6) is -0.192. The monoisotopic (exact) mass is 420 g/mol. The van der Waals surface area contributed by atoms with Gasteiger partial charge in [0.1, 0.15) is 0 Å². The second-order valence-corrected chi connectivity index (χ2v) is 9.37.